The maximum absolute atomic E-state index is 15.7. The number of carbonyl (C=O) groups excluding carboxylic acids is 4. The molecule has 6 rings (SSSR count). The SMILES string of the molecule is COC(=O)c1n[nH]c2ccc(C(=O)N3CCC4(CC3)C(=O)N(CC(=O)NCC(F)(F)F)c3ccc(F)c(-n5ccc(N)nc5=O)c34)cc12. The van der Waals surface area contributed by atoms with Gasteiger partial charge in [-0.25, -0.2) is 14.0 Å². The van der Waals surface area contributed by atoms with Crippen LogP contribution >= 0.6 is 0 Å². The average molecular weight is 671 g/mol. The zero-order valence-corrected chi connectivity index (χ0v) is 25.1. The van der Waals surface area contributed by atoms with Crippen molar-refractivity contribution in [2.24, 2.45) is 0 Å². The molecular weight excluding hydrogens is 644 g/mol. The molecule has 3 amide bonds. The van der Waals surface area contributed by atoms with Crippen LogP contribution in [0.5, 0.6) is 0 Å². The summed E-state index contributed by atoms with van der Waals surface area (Å²) in [6.45, 7) is -2.54. The van der Waals surface area contributed by atoms with Crippen molar-refractivity contribution in [1.29, 1.82) is 0 Å². The van der Waals surface area contributed by atoms with Crippen molar-refractivity contribution >= 4 is 46.1 Å². The number of fused-ring (bicyclic) bond motifs is 3. The van der Waals surface area contributed by atoms with E-state index in [9.17, 15) is 37.1 Å². The van der Waals surface area contributed by atoms with Crippen molar-refractivity contribution in [3.63, 3.8) is 0 Å². The third-order valence-electron chi connectivity index (χ3n) is 8.48. The summed E-state index contributed by atoms with van der Waals surface area (Å²) in [5.74, 6) is -4.04. The van der Waals surface area contributed by atoms with Crippen LogP contribution in [0.15, 0.2) is 47.4 Å². The molecule has 0 unspecified atom stereocenters. The minimum Gasteiger partial charge on any atom is -0.464 e. The van der Waals surface area contributed by atoms with E-state index in [0.717, 1.165) is 15.5 Å². The number of H-pyrrole nitrogens is 1. The summed E-state index contributed by atoms with van der Waals surface area (Å²) >= 11 is 0. The van der Waals surface area contributed by atoms with Gasteiger partial charge in [0.2, 0.25) is 11.8 Å². The van der Waals surface area contributed by atoms with Gasteiger partial charge in [-0.3, -0.25) is 24.0 Å². The molecule has 4 aromatic rings. The first-order chi connectivity index (χ1) is 22.7. The summed E-state index contributed by atoms with van der Waals surface area (Å²) in [6, 6.07) is 8.00. The molecule has 0 bridgehead atoms. The molecule has 4 N–H and O–H groups in total. The monoisotopic (exact) mass is 670 g/mol. The Hall–Kier alpha value is -5.81. The third kappa shape index (κ3) is 5.47. The lowest BCUT2D eigenvalue weighted by Gasteiger charge is -2.39. The first-order valence-corrected chi connectivity index (χ1v) is 14.4. The Kier molecular flexibility index (Phi) is 7.88. The molecule has 2 aromatic carbocycles. The lowest BCUT2D eigenvalue weighted by atomic mass is 9.72. The first kappa shape index (κ1) is 32.1. The molecule has 2 aromatic heterocycles. The van der Waals surface area contributed by atoms with Crippen LogP contribution in [0, 0.1) is 5.82 Å². The number of piperidine rings is 1. The van der Waals surface area contributed by atoms with Gasteiger partial charge in [0.15, 0.2) is 5.69 Å². The van der Waals surface area contributed by atoms with E-state index in [4.69, 9.17) is 10.5 Å². The predicted octanol–water partition coefficient (Wildman–Crippen LogP) is 1.82. The van der Waals surface area contributed by atoms with Crippen molar-refractivity contribution in [3.8, 4) is 5.69 Å². The van der Waals surface area contributed by atoms with Gasteiger partial charge in [-0.2, -0.15) is 23.3 Å². The molecule has 1 fully saturated rings. The average Bonchev–Trinajstić information content (AvgIpc) is 3.57. The van der Waals surface area contributed by atoms with E-state index in [1.807, 2.05) is 0 Å². The summed E-state index contributed by atoms with van der Waals surface area (Å²) in [5, 5.41) is 8.71. The molecule has 0 radical (unpaired) electrons. The number of aromatic amines is 1. The van der Waals surface area contributed by atoms with Crippen molar-refractivity contribution < 1.29 is 41.5 Å². The highest BCUT2D eigenvalue weighted by Crippen LogP contribution is 2.51. The summed E-state index contributed by atoms with van der Waals surface area (Å²) in [4.78, 5) is 71.6. The Morgan fingerprint density at radius 2 is 1.83 bits per heavy atom. The number of benzene rings is 2. The standard InChI is InChI=1S/C30H26F4N8O6/c1-48-26(45)23-16-12-15(2-4-18(16)38-39-23)25(44)40-10-7-29(8-11-40)22-19(42(27(29)46)13-21(43)36-14-30(32,33)34)5-3-17(31)24(22)41-9-6-20(35)37-28(41)47/h2-6,9,12H,7-8,10-11,13-14H2,1H3,(H,36,43)(H,38,39)(H2,35,37,47). The Balaban J connectivity index is 1.36. The molecular formula is C30H26F4N8O6. The molecule has 14 nitrogen and oxygen atoms in total. The van der Waals surface area contributed by atoms with Crippen molar-refractivity contribution in [2.75, 3.05) is 43.9 Å². The highest BCUT2D eigenvalue weighted by Gasteiger charge is 2.55. The van der Waals surface area contributed by atoms with Crippen LogP contribution in [0.3, 0.4) is 0 Å². The smallest absolute Gasteiger partial charge is 0.405 e. The Morgan fingerprint density at radius 3 is 2.50 bits per heavy atom. The molecule has 18 heteroatoms. The lowest BCUT2D eigenvalue weighted by Crippen LogP contribution is -2.52. The fourth-order valence-electron chi connectivity index (χ4n) is 6.24. The third-order valence-corrected chi connectivity index (χ3v) is 8.48. The molecule has 0 atom stereocenters. The number of hydrogen-bond acceptors (Lipinski definition) is 9. The van der Waals surface area contributed by atoms with Crippen molar-refractivity contribution in [2.45, 2.75) is 24.4 Å². The zero-order valence-electron chi connectivity index (χ0n) is 25.1. The summed E-state index contributed by atoms with van der Waals surface area (Å²) < 4.78 is 59.7. The summed E-state index contributed by atoms with van der Waals surface area (Å²) in [5.41, 5.74) is 3.47. The van der Waals surface area contributed by atoms with E-state index in [1.54, 1.807) is 11.4 Å². The fourth-order valence-corrected chi connectivity index (χ4v) is 6.24. The highest BCUT2D eigenvalue weighted by atomic mass is 19.4. The number of likely N-dealkylation sites (tertiary alicyclic amines) is 1. The fraction of sp³-hybridized carbons (Fsp3) is 0.300. The molecule has 0 saturated carbocycles. The van der Waals surface area contributed by atoms with Crippen molar-refractivity contribution in [3.05, 3.63) is 75.7 Å². The number of nitrogens with zero attached hydrogens (tertiary/aromatic N) is 5. The summed E-state index contributed by atoms with van der Waals surface area (Å²) in [7, 11) is 1.19. The van der Waals surface area contributed by atoms with Gasteiger partial charge < -0.3 is 25.6 Å². The number of esters is 1. The van der Waals surface area contributed by atoms with Crippen LogP contribution < -0.4 is 21.6 Å². The van der Waals surface area contributed by atoms with Gasteiger partial charge in [0.1, 0.15) is 24.7 Å². The molecule has 1 saturated heterocycles. The number of aromatic nitrogens is 4. The lowest BCUT2D eigenvalue weighted by molar-refractivity contribution is -0.138. The van der Waals surface area contributed by atoms with E-state index < -0.39 is 59.9 Å². The molecule has 48 heavy (non-hydrogen) atoms. The number of nitrogens with one attached hydrogen (secondary N) is 2. The number of amides is 3. The minimum absolute atomic E-state index is 0.0165. The number of ether oxygens (including phenoxy) is 1. The second-order valence-corrected chi connectivity index (χ2v) is 11.3. The molecule has 2 aliphatic heterocycles. The minimum atomic E-state index is -4.70. The second-order valence-electron chi connectivity index (χ2n) is 11.3. The second kappa shape index (κ2) is 11.8. The first-order valence-electron chi connectivity index (χ1n) is 14.4. The molecule has 0 aliphatic carbocycles. The number of nitrogen functional groups attached to an aromatic ring is 1. The quantitative estimate of drug-likeness (QED) is 0.203. The topological polar surface area (TPSA) is 186 Å². The van der Waals surface area contributed by atoms with E-state index >= 15 is 4.39 Å². The van der Waals surface area contributed by atoms with Gasteiger partial charge in [-0.05, 0) is 49.2 Å². The normalized spacial score (nSPS) is 15.6. The molecule has 1 spiro atoms. The van der Waals surface area contributed by atoms with Gasteiger partial charge >= 0.3 is 17.8 Å². The van der Waals surface area contributed by atoms with Crippen LogP contribution in [-0.2, 0) is 19.7 Å². The number of methoxy groups -OCH3 is 1. The van der Waals surface area contributed by atoms with Crippen LogP contribution in [-0.4, -0.2) is 87.8 Å². The number of halogens is 4. The Labute approximate surface area is 267 Å². The van der Waals surface area contributed by atoms with Crippen LogP contribution in [0.4, 0.5) is 29.1 Å². The Morgan fingerprint density at radius 1 is 1.10 bits per heavy atom. The summed E-state index contributed by atoms with van der Waals surface area (Å²) in [6.07, 6.45) is -3.72. The van der Waals surface area contributed by atoms with E-state index in [1.165, 1.54) is 42.5 Å². The largest absolute Gasteiger partial charge is 0.464 e. The number of carbonyl (C=O) groups is 4. The molecule has 4 heterocycles. The Bertz CT molecular complexity index is 2050. The van der Waals surface area contributed by atoms with E-state index in [0.29, 0.717) is 10.9 Å². The van der Waals surface area contributed by atoms with Crippen molar-refractivity contribution in [1.82, 2.24) is 30.0 Å². The van der Waals surface area contributed by atoms with Gasteiger partial charge in [0, 0.05) is 35.8 Å². The van der Waals surface area contributed by atoms with E-state index in [2.05, 4.69) is 15.2 Å². The number of alkyl halides is 3. The van der Waals surface area contributed by atoms with Gasteiger partial charge in [-0.1, -0.05) is 0 Å². The number of rotatable bonds is 6. The maximum atomic E-state index is 15.7. The van der Waals surface area contributed by atoms with Gasteiger partial charge in [0.25, 0.3) is 5.91 Å². The number of hydrogen-bond donors (Lipinski definition) is 3. The highest BCUT2D eigenvalue weighted by molar-refractivity contribution is 6.12. The maximum Gasteiger partial charge on any atom is 0.405 e. The predicted molar refractivity (Wildman–Crippen MR) is 160 cm³/mol. The van der Waals surface area contributed by atoms with Crippen LogP contribution in [0.1, 0.15) is 39.3 Å². The zero-order chi connectivity index (χ0) is 34.5. The van der Waals surface area contributed by atoms with Crippen LogP contribution in [0.2, 0.25) is 0 Å². The molecule has 2 aliphatic rings. The van der Waals surface area contributed by atoms with Gasteiger partial charge in [-0.15, -0.1) is 0 Å². The van der Waals surface area contributed by atoms with E-state index in [-0.39, 0.29) is 59.9 Å². The number of anilines is 2. The van der Waals surface area contributed by atoms with Gasteiger partial charge in [0.05, 0.1) is 29.4 Å². The van der Waals surface area contributed by atoms with Crippen LogP contribution in [0.25, 0.3) is 16.6 Å². The molecule has 250 valence electrons. The number of nitrogens with two attached hydrogens (primary N) is 1.